The third kappa shape index (κ3) is 4.13. The number of piperidine rings is 1. The number of hydroxylamine groups is 1. The topological polar surface area (TPSA) is 72.8 Å². The molecule has 5 aliphatic rings. The van der Waals surface area contributed by atoms with E-state index in [1.54, 1.807) is 5.57 Å². The minimum atomic E-state index is -0.360. The summed E-state index contributed by atoms with van der Waals surface area (Å²) in [7, 11) is 0. The zero-order valence-corrected chi connectivity index (χ0v) is 22.5. The number of allylic oxidation sites excluding steroid dienone is 4. The lowest BCUT2D eigenvalue weighted by Gasteiger charge is -2.56. The quantitative estimate of drug-likeness (QED) is 0.410. The molecule has 6 rings (SSSR count). The van der Waals surface area contributed by atoms with Gasteiger partial charge in [-0.2, -0.15) is 5.48 Å². The van der Waals surface area contributed by atoms with Gasteiger partial charge in [-0.25, -0.2) is 0 Å². The Kier molecular flexibility index (Phi) is 6.83. The third-order valence-corrected chi connectivity index (χ3v) is 11.1. The predicted octanol–water partition coefficient (Wildman–Crippen LogP) is 6.07. The molecule has 2 saturated carbocycles. The molecule has 0 aromatic heterocycles. The van der Waals surface area contributed by atoms with Gasteiger partial charge in [0.15, 0.2) is 5.78 Å². The summed E-state index contributed by atoms with van der Waals surface area (Å²) in [6.07, 6.45) is 14.0. The van der Waals surface area contributed by atoms with Crippen LogP contribution in [-0.2, 0) is 4.79 Å². The van der Waals surface area contributed by atoms with Crippen LogP contribution in [0.3, 0.4) is 0 Å². The van der Waals surface area contributed by atoms with Crippen molar-refractivity contribution in [1.29, 1.82) is 0 Å². The SMILES string of the molecule is C[C@]12CC(c3ccc(N4CCCCC4)cc3)C3=C4CCC(=O)C=C4CC[C@H]3[C@@H]1CC[C@]2(CCCO)NO. The molecule has 1 saturated heterocycles. The van der Waals surface area contributed by atoms with Gasteiger partial charge in [0.1, 0.15) is 0 Å². The van der Waals surface area contributed by atoms with Gasteiger partial charge in [-0.15, -0.1) is 0 Å². The fourth-order valence-corrected chi connectivity index (χ4v) is 9.18. The number of carbonyl (C=O) groups is 1. The van der Waals surface area contributed by atoms with Crippen molar-refractivity contribution in [2.75, 3.05) is 24.6 Å². The molecule has 5 atom stereocenters. The van der Waals surface area contributed by atoms with Crippen molar-refractivity contribution in [2.24, 2.45) is 17.3 Å². The maximum atomic E-state index is 12.3. The summed E-state index contributed by atoms with van der Waals surface area (Å²) >= 11 is 0. The second-order valence-corrected chi connectivity index (χ2v) is 12.7. The maximum absolute atomic E-state index is 12.3. The van der Waals surface area contributed by atoms with Crippen molar-refractivity contribution in [3.8, 4) is 0 Å². The van der Waals surface area contributed by atoms with Crippen molar-refractivity contribution in [3.05, 3.63) is 52.6 Å². The molecule has 0 radical (unpaired) electrons. The highest BCUT2D eigenvalue weighted by atomic mass is 16.5. The monoisotopic (exact) mass is 504 g/mol. The number of nitrogens with zero attached hydrogens (tertiary/aromatic N) is 1. The first kappa shape index (κ1) is 25.3. The van der Waals surface area contributed by atoms with Crippen LogP contribution in [-0.4, -0.2) is 41.3 Å². The van der Waals surface area contributed by atoms with Crippen LogP contribution in [0.4, 0.5) is 5.69 Å². The first-order valence-electron chi connectivity index (χ1n) is 14.8. The van der Waals surface area contributed by atoms with Crippen LogP contribution in [0.5, 0.6) is 0 Å². The van der Waals surface area contributed by atoms with Crippen LogP contribution < -0.4 is 10.4 Å². The summed E-state index contributed by atoms with van der Waals surface area (Å²) in [5.41, 5.74) is 9.52. The second-order valence-electron chi connectivity index (χ2n) is 12.7. The number of aliphatic hydroxyl groups excluding tert-OH is 1. The number of hydrogen-bond acceptors (Lipinski definition) is 5. The smallest absolute Gasteiger partial charge is 0.156 e. The van der Waals surface area contributed by atoms with Crippen molar-refractivity contribution < 1.29 is 15.1 Å². The molecule has 1 aliphatic heterocycles. The molecule has 5 nitrogen and oxygen atoms in total. The highest BCUT2D eigenvalue weighted by Gasteiger charge is 2.62. The summed E-state index contributed by atoms with van der Waals surface area (Å²) in [5.74, 6) is 1.59. The van der Waals surface area contributed by atoms with Gasteiger partial charge < -0.3 is 15.2 Å². The Morgan fingerprint density at radius 1 is 1.05 bits per heavy atom. The number of hydrogen-bond donors (Lipinski definition) is 3. The van der Waals surface area contributed by atoms with Gasteiger partial charge in [0.25, 0.3) is 0 Å². The Morgan fingerprint density at radius 3 is 2.57 bits per heavy atom. The standard InChI is InChI=1S/C32H44N2O3/c1-31-21-28(22-6-9-24(10-7-22)34-17-3-2-4-18-34)30-26-13-11-25(36)20-23(26)8-12-27(30)29(31)14-16-32(31,33-37)15-5-19-35/h6-7,9-10,20,27-29,33,35,37H,2-5,8,11-19,21H2,1H3/t27-,28?,29-,31-,32-/m0/s1. The molecule has 0 spiro atoms. The van der Waals surface area contributed by atoms with Crippen molar-refractivity contribution in [3.63, 3.8) is 0 Å². The lowest BCUT2D eigenvalue weighted by Crippen LogP contribution is -2.58. The molecule has 1 aromatic carbocycles. The summed E-state index contributed by atoms with van der Waals surface area (Å²) in [6.45, 7) is 4.87. The second kappa shape index (κ2) is 9.98. The van der Waals surface area contributed by atoms with Gasteiger partial charge in [0.2, 0.25) is 0 Å². The first-order valence-corrected chi connectivity index (χ1v) is 14.8. The maximum Gasteiger partial charge on any atom is 0.156 e. The Balaban J connectivity index is 1.43. The van der Waals surface area contributed by atoms with Gasteiger partial charge in [0.05, 0.1) is 0 Å². The van der Waals surface area contributed by atoms with Crippen LogP contribution in [0.2, 0.25) is 0 Å². The largest absolute Gasteiger partial charge is 0.396 e. The molecule has 3 fully saturated rings. The van der Waals surface area contributed by atoms with Gasteiger partial charge in [-0.1, -0.05) is 24.6 Å². The molecule has 1 aromatic rings. The normalized spacial score (nSPS) is 35.6. The average molecular weight is 505 g/mol. The first-order chi connectivity index (χ1) is 18.0. The predicted molar refractivity (Wildman–Crippen MR) is 147 cm³/mol. The van der Waals surface area contributed by atoms with E-state index in [1.165, 1.54) is 41.7 Å². The third-order valence-electron chi connectivity index (χ3n) is 11.1. The lowest BCUT2D eigenvalue weighted by atomic mass is 9.50. The van der Waals surface area contributed by atoms with Crippen LogP contribution in [0.15, 0.2) is 47.1 Å². The molecule has 1 heterocycles. The van der Waals surface area contributed by atoms with Crippen LogP contribution in [0.25, 0.3) is 0 Å². The summed E-state index contributed by atoms with van der Waals surface area (Å²) in [5, 5.41) is 20.3. The fourth-order valence-electron chi connectivity index (χ4n) is 9.18. The van der Waals surface area contributed by atoms with Gasteiger partial charge in [0, 0.05) is 43.3 Å². The summed E-state index contributed by atoms with van der Waals surface area (Å²) in [6, 6.07) is 9.39. The molecule has 5 heteroatoms. The van der Waals surface area contributed by atoms with E-state index in [0.717, 1.165) is 58.0 Å². The molecular formula is C32H44N2O3. The number of anilines is 1. The van der Waals surface area contributed by atoms with Gasteiger partial charge >= 0.3 is 0 Å². The molecule has 3 N–H and O–H groups in total. The summed E-state index contributed by atoms with van der Waals surface area (Å²) in [4.78, 5) is 14.8. The molecule has 0 bridgehead atoms. The number of carbonyl (C=O) groups excluding carboxylic acids is 1. The molecule has 200 valence electrons. The van der Waals surface area contributed by atoms with E-state index in [4.69, 9.17) is 0 Å². The highest BCUT2D eigenvalue weighted by molar-refractivity contribution is 5.93. The molecule has 0 amide bonds. The Hall–Kier alpha value is -1.95. The number of nitrogens with one attached hydrogen (secondary N) is 1. The molecule has 4 aliphatic carbocycles. The van der Waals surface area contributed by atoms with Gasteiger partial charge in [-0.05, 0) is 123 Å². The molecule has 1 unspecified atom stereocenters. The van der Waals surface area contributed by atoms with E-state index >= 15 is 0 Å². The number of ketones is 1. The van der Waals surface area contributed by atoms with E-state index < -0.39 is 0 Å². The van der Waals surface area contributed by atoms with E-state index in [0.29, 0.717) is 30.6 Å². The van der Waals surface area contributed by atoms with Crippen LogP contribution >= 0.6 is 0 Å². The minimum Gasteiger partial charge on any atom is -0.396 e. The number of benzene rings is 1. The van der Waals surface area contributed by atoms with Crippen molar-refractivity contribution in [1.82, 2.24) is 5.48 Å². The minimum absolute atomic E-state index is 0.0619. The Morgan fingerprint density at radius 2 is 1.84 bits per heavy atom. The number of rotatable bonds is 6. The van der Waals surface area contributed by atoms with Crippen molar-refractivity contribution in [2.45, 2.75) is 95.4 Å². The zero-order chi connectivity index (χ0) is 25.6. The highest BCUT2D eigenvalue weighted by Crippen LogP contribution is 2.67. The molecule has 37 heavy (non-hydrogen) atoms. The fraction of sp³-hybridized carbons (Fsp3) is 0.656. The Labute approximate surface area is 222 Å². The van der Waals surface area contributed by atoms with E-state index in [1.807, 2.05) is 6.08 Å². The molecular weight excluding hydrogens is 460 g/mol. The zero-order valence-electron chi connectivity index (χ0n) is 22.5. The van der Waals surface area contributed by atoms with E-state index in [2.05, 4.69) is 41.6 Å². The number of fused-ring (bicyclic) bond motifs is 4. The Bertz CT molecular complexity index is 1090. The number of aliphatic hydroxyl groups is 1. The summed E-state index contributed by atoms with van der Waals surface area (Å²) < 4.78 is 0. The lowest BCUT2D eigenvalue weighted by molar-refractivity contribution is -0.114. The van der Waals surface area contributed by atoms with Crippen molar-refractivity contribution >= 4 is 11.5 Å². The van der Waals surface area contributed by atoms with Crippen LogP contribution in [0.1, 0.15) is 95.5 Å². The van der Waals surface area contributed by atoms with E-state index in [-0.39, 0.29) is 23.3 Å². The van der Waals surface area contributed by atoms with E-state index in [9.17, 15) is 15.1 Å². The van der Waals surface area contributed by atoms with Crippen LogP contribution in [0, 0.1) is 17.3 Å². The average Bonchev–Trinajstić information content (AvgIpc) is 3.23. The van der Waals surface area contributed by atoms with Gasteiger partial charge in [-0.3, -0.25) is 4.79 Å².